The van der Waals surface area contributed by atoms with Gasteiger partial charge in [0.1, 0.15) is 0 Å². The van der Waals surface area contributed by atoms with Crippen LogP contribution in [0.25, 0.3) is 0 Å². The van der Waals surface area contributed by atoms with Crippen molar-refractivity contribution in [3.63, 3.8) is 0 Å². The fourth-order valence-electron chi connectivity index (χ4n) is 1.74. The van der Waals surface area contributed by atoms with Crippen molar-refractivity contribution < 1.29 is 4.74 Å². The van der Waals surface area contributed by atoms with Crippen molar-refractivity contribution in [2.45, 2.75) is 33.2 Å². The Labute approximate surface area is 109 Å². The van der Waals surface area contributed by atoms with Crippen molar-refractivity contribution in [2.75, 3.05) is 31.4 Å². The summed E-state index contributed by atoms with van der Waals surface area (Å²) in [6, 6.07) is 0.690. The van der Waals surface area contributed by atoms with E-state index >= 15 is 0 Å². The molecule has 0 amide bonds. The Morgan fingerprint density at radius 2 is 1.89 bits per heavy atom. The summed E-state index contributed by atoms with van der Waals surface area (Å²) in [7, 11) is 5.31. The van der Waals surface area contributed by atoms with E-state index in [-0.39, 0.29) is 0 Å². The standard InChI is InChI=1S/C12H23N5O/c1-8(2)7-9(3)17(5)11-14-10(13-4)15-12(16-11)18-6/h8-9H,7H2,1-6H3,(H,13,14,15,16). The van der Waals surface area contributed by atoms with Gasteiger partial charge < -0.3 is 15.0 Å². The third kappa shape index (κ3) is 3.72. The smallest absolute Gasteiger partial charge is 0.322 e. The second-order valence-electron chi connectivity index (χ2n) is 4.79. The van der Waals surface area contributed by atoms with Gasteiger partial charge in [-0.1, -0.05) is 13.8 Å². The van der Waals surface area contributed by atoms with Gasteiger partial charge in [-0.3, -0.25) is 0 Å². The van der Waals surface area contributed by atoms with Gasteiger partial charge in [0.05, 0.1) is 7.11 Å². The Morgan fingerprint density at radius 1 is 1.22 bits per heavy atom. The Bertz CT molecular complexity index is 360. The number of aromatic nitrogens is 3. The molecule has 0 saturated carbocycles. The Hall–Kier alpha value is -1.59. The molecule has 6 heteroatoms. The minimum absolute atomic E-state index is 0.327. The summed E-state index contributed by atoms with van der Waals surface area (Å²) in [5.74, 6) is 1.77. The lowest BCUT2D eigenvalue weighted by Crippen LogP contribution is -2.31. The number of nitrogens with zero attached hydrogens (tertiary/aromatic N) is 4. The first-order valence-electron chi connectivity index (χ1n) is 6.18. The van der Waals surface area contributed by atoms with Gasteiger partial charge in [-0.25, -0.2) is 0 Å². The first kappa shape index (κ1) is 14.5. The predicted molar refractivity (Wildman–Crippen MR) is 73.2 cm³/mol. The lowest BCUT2D eigenvalue weighted by Gasteiger charge is -2.26. The van der Waals surface area contributed by atoms with Crippen LogP contribution in [-0.2, 0) is 0 Å². The van der Waals surface area contributed by atoms with Gasteiger partial charge in [-0.15, -0.1) is 0 Å². The molecule has 0 saturated heterocycles. The van der Waals surface area contributed by atoms with E-state index in [0.29, 0.717) is 29.9 Å². The summed E-state index contributed by atoms with van der Waals surface area (Å²) in [5, 5.41) is 2.91. The van der Waals surface area contributed by atoms with Gasteiger partial charge in [0.2, 0.25) is 11.9 Å². The number of methoxy groups -OCH3 is 1. The van der Waals surface area contributed by atoms with Crippen LogP contribution in [0.5, 0.6) is 6.01 Å². The lowest BCUT2D eigenvalue weighted by atomic mass is 10.0. The summed E-state index contributed by atoms with van der Waals surface area (Å²) in [6.45, 7) is 6.57. The molecular formula is C12H23N5O. The molecule has 0 spiro atoms. The lowest BCUT2D eigenvalue weighted by molar-refractivity contribution is 0.378. The molecular weight excluding hydrogens is 230 g/mol. The van der Waals surface area contributed by atoms with Crippen molar-refractivity contribution >= 4 is 11.9 Å². The van der Waals surface area contributed by atoms with E-state index in [4.69, 9.17) is 4.74 Å². The number of anilines is 2. The van der Waals surface area contributed by atoms with Crippen molar-refractivity contribution in [3.05, 3.63) is 0 Å². The molecule has 1 heterocycles. The van der Waals surface area contributed by atoms with Crippen LogP contribution in [0.1, 0.15) is 27.2 Å². The summed E-state index contributed by atoms with van der Waals surface area (Å²) < 4.78 is 5.08. The molecule has 1 aromatic heterocycles. The predicted octanol–water partition coefficient (Wildman–Crippen LogP) is 1.79. The largest absolute Gasteiger partial charge is 0.467 e. The molecule has 0 bridgehead atoms. The van der Waals surface area contributed by atoms with Crippen LogP contribution in [0.3, 0.4) is 0 Å². The molecule has 1 aromatic rings. The van der Waals surface area contributed by atoms with Crippen LogP contribution in [0.2, 0.25) is 0 Å². The molecule has 0 aromatic carbocycles. The molecule has 0 fully saturated rings. The highest BCUT2D eigenvalue weighted by molar-refractivity contribution is 5.38. The van der Waals surface area contributed by atoms with Crippen LogP contribution >= 0.6 is 0 Å². The molecule has 0 radical (unpaired) electrons. The molecule has 18 heavy (non-hydrogen) atoms. The quantitative estimate of drug-likeness (QED) is 0.834. The van der Waals surface area contributed by atoms with E-state index in [2.05, 4.69) is 41.0 Å². The number of hydrogen-bond donors (Lipinski definition) is 1. The highest BCUT2D eigenvalue weighted by atomic mass is 16.5. The number of ether oxygens (including phenoxy) is 1. The van der Waals surface area contributed by atoms with Crippen LogP contribution in [0, 0.1) is 5.92 Å². The second kappa shape index (κ2) is 6.37. The summed E-state index contributed by atoms with van der Waals surface area (Å²) in [6.07, 6.45) is 1.08. The number of nitrogens with one attached hydrogen (secondary N) is 1. The van der Waals surface area contributed by atoms with Crippen LogP contribution in [0.15, 0.2) is 0 Å². The molecule has 102 valence electrons. The molecule has 1 unspecified atom stereocenters. The Morgan fingerprint density at radius 3 is 2.39 bits per heavy atom. The van der Waals surface area contributed by atoms with E-state index in [9.17, 15) is 0 Å². The molecule has 0 aliphatic heterocycles. The zero-order chi connectivity index (χ0) is 13.7. The first-order valence-corrected chi connectivity index (χ1v) is 6.18. The van der Waals surface area contributed by atoms with E-state index in [1.54, 1.807) is 14.2 Å². The number of rotatable bonds is 6. The molecule has 1 atom stereocenters. The molecule has 1 N–H and O–H groups in total. The second-order valence-corrected chi connectivity index (χ2v) is 4.79. The van der Waals surface area contributed by atoms with E-state index in [1.807, 2.05) is 11.9 Å². The SMILES string of the molecule is CNc1nc(OC)nc(N(C)C(C)CC(C)C)n1. The van der Waals surface area contributed by atoms with E-state index in [0.717, 1.165) is 6.42 Å². The van der Waals surface area contributed by atoms with Crippen molar-refractivity contribution in [3.8, 4) is 6.01 Å². The maximum absolute atomic E-state index is 5.08. The van der Waals surface area contributed by atoms with E-state index < -0.39 is 0 Å². The minimum Gasteiger partial charge on any atom is -0.467 e. The van der Waals surface area contributed by atoms with Gasteiger partial charge in [-0.2, -0.15) is 15.0 Å². The summed E-state index contributed by atoms with van der Waals surface area (Å²) in [5.41, 5.74) is 0. The van der Waals surface area contributed by atoms with E-state index in [1.165, 1.54) is 0 Å². The highest BCUT2D eigenvalue weighted by Gasteiger charge is 2.16. The van der Waals surface area contributed by atoms with Gasteiger partial charge >= 0.3 is 6.01 Å². The van der Waals surface area contributed by atoms with Gasteiger partial charge in [-0.05, 0) is 19.3 Å². The van der Waals surface area contributed by atoms with Crippen LogP contribution in [-0.4, -0.2) is 42.2 Å². The molecule has 0 aliphatic rings. The zero-order valence-electron chi connectivity index (χ0n) is 12.1. The van der Waals surface area contributed by atoms with Gasteiger partial charge in [0.15, 0.2) is 0 Å². The average Bonchev–Trinajstić information content (AvgIpc) is 2.36. The Balaban J connectivity index is 2.93. The zero-order valence-corrected chi connectivity index (χ0v) is 12.1. The fourth-order valence-corrected chi connectivity index (χ4v) is 1.74. The van der Waals surface area contributed by atoms with Crippen molar-refractivity contribution in [2.24, 2.45) is 5.92 Å². The minimum atomic E-state index is 0.327. The van der Waals surface area contributed by atoms with Crippen LogP contribution < -0.4 is 15.0 Å². The highest BCUT2D eigenvalue weighted by Crippen LogP contribution is 2.18. The fraction of sp³-hybridized carbons (Fsp3) is 0.750. The van der Waals surface area contributed by atoms with Gasteiger partial charge in [0, 0.05) is 20.1 Å². The Kier molecular flexibility index (Phi) is 5.12. The average molecular weight is 253 g/mol. The third-order valence-corrected chi connectivity index (χ3v) is 2.80. The molecule has 6 nitrogen and oxygen atoms in total. The van der Waals surface area contributed by atoms with Crippen molar-refractivity contribution in [1.29, 1.82) is 0 Å². The maximum Gasteiger partial charge on any atom is 0.322 e. The monoisotopic (exact) mass is 253 g/mol. The topological polar surface area (TPSA) is 63.2 Å². The number of hydrogen-bond acceptors (Lipinski definition) is 6. The third-order valence-electron chi connectivity index (χ3n) is 2.80. The molecule has 0 aliphatic carbocycles. The normalized spacial score (nSPS) is 12.4. The first-order chi connectivity index (χ1) is 8.47. The summed E-state index contributed by atoms with van der Waals surface area (Å²) >= 11 is 0. The van der Waals surface area contributed by atoms with Gasteiger partial charge in [0.25, 0.3) is 0 Å². The van der Waals surface area contributed by atoms with Crippen LogP contribution in [0.4, 0.5) is 11.9 Å². The molecule has 1 rings (SSSR count). The maximum atomic E-state index is 5.08. The summed E-state index contributed by atoms with van der Waals surface area (Å²) in [4.78, 5) is 14.7. The van der Waals surface area contributed by atoms with Crippen molar-refractivity contribution in [1.82, 2.24) is 15.0 Å².